The van der Waals surface area contributed by atoms with Crippen molar-refractivity contribution >= 4 is 35.8 Å². The molecule has 0 spiro atoms. The normalized spacial score (nSPS) is 12.1. The van der Waals surface area contributed by atoms with Crippen LogP contribution in [0.1, 0.15) is 25.7 Å². The number of carbonyl (C=O) groups is 6. The zero-order valence-electron chi connectivity index (χ0n) is 13.0. The molecule has 2 atom stereocenters. The summed E-state index contributed by atoms with van der Waals surface area (Å²) in [5, 5.41) is 36.3. The van der Waals surface area contributed by atoms with E-state index in [2.05, 4.69) is 9.47 Å². The molecular formula is C12H13KO12. The van der Waals surface area contributed by atoms with E-state index in [9.17, 15) is 33.9 Å². The van der Waals surface area contributed by atoms with Crippen LogP contribution >= 0.6 is 0 Å². The Hall–Kier alpha value is -1.22. The minimum atomic E-state index is -2.61. The van der Waals surface area contributed by atoms with Crippen LogP contribution in [0.4, 0.5) is 0 Å². The van der Waals surface area contributed by atoms with Crippen molar-refractivity contribution in [3.8, 4) is 0 Å². The van der Waals surface area contributed by atoms with Gasteiger partial charge in [-0.05, 0) is 0 Å². The van der Waals surface area contributed by atoms with E-state index in [1.807, 2.05) is 0 Å². The number of carboxylic acids is 2. The molecule has 0 rings (SSSR count). The van der Waals surface area contributed by atoms with Gasteiger partial charge in [-0.2, -0.15) is 0 Å². The molecule has 0 saturated carbocycles. The summed E-state index contributed by atoms with van der Waals surface area (Å²) in [6, 6.07) is 0. The first-order valence-electron chi connectivity index (χ1n) is 6.31. The maximum absolute atomic E-state index is 11.2. The predicted octanol–water partition coefficient (Wildman–Crippen LogP) is -6.75. The summed E-state index contributed by atoms with van der Waals surface area (Å²) in [5.41, 5.74) is 0. The van der Waals surface area contributed by atoms with E-state index in [1.54, 1.807) is 0 Å². The predicted molar refractivity (Wildman–Crippen MR) is 65.3 cm³/mol. The largest absolute Gasteiger partial charge is 1.00 e. The number of aliphatic hydroxyl groups excluding tert-OH is 2. The van der Waals surface area contributed by atoms with Gasteiger partial charge in [0.25, 0.3) is 0 Å². The van der Waals surface area contributed by atoms with Gasteiger partial charge < -0.3 is 34.7 Å². The molecule has 0 aliphatic rings. The summed E-state index contributed by atoms with van der Waals surface area (Å²) in [7, 11) is 0. The van der Waals surface area contributed by atoms with Gasteiger partial charge in [0.05, 0.1) is 31.7 Å². The monoisotopic (exact) mass is 388 g/mol. The first kappa shape index (κ1) is 26.0. The third-order valence-corrected chi connectivity index (χ3v) is 2.30. The number of hydrogen-bond donors (Lipinski definition) is 3. The Kier molecular flexibility index (Phi) is 13.6. The van der Waals surface area contributed by atoms with Crippen LogP contribution < -0.4 is 56.5 Å². The third-order valence-electron chi connectivity index (χ3n) is 2.30. The molecule has 0 bridgehead atoms. The van der Waals surface area contributed by atoms with Gasteiger partial charge in [-0.15, -0.1) is 0 Å². The first-order valence-corrected chi connectivity index (χ1v) is 6.31. The minimum Gasteiger partial charge on any atom is -0.547 e. The summed E-state index contributed by atoms with van der Waals surface area (Å²) in [4.78, 5) is 64.8. The van der Waals surface area contributed by atoms with Crippen LogP contribution in [0.25, 0.3) is 0 Å². The maximum atomic E-state index is 11.2. The van der Waals surface area contributed by atoms with Crippen LogP contribution in [0.5, 0.6) is 0 Å². The molecule has 0 fully saturated rings. The number of carboxylic acid groups (broad SMARTS) is 2. The third kappa shape index (κ3) is 11.9. The van der Waals surface area contributed by atoms with Crippen molar-refractivity contribution in [1.29, 1.82) is 0 Å². The van der Waals surface area contributed by atoms with E-state index in [0.29, 0.717) is 0 Å². The Bertz CT molecular complexity index is 542. The summed E-state index contributed by atoms with van der Waals surface area (Å²) in [5.74, 6) is -8.90. The zero-order valence-corrected chi connectivity index (χ0v) is 16.1. The van der Waals surface area contributed by atoms with E-state index in [1.165, 1.54) is 0 Å². The molecule has 25 heavy (non-hydrogen) atoms. The molecule has 12 nitrogen and oxygen atoms in total. The van der Waals surface area contributed by atoms with Gasteiger partial charge in [0, 0.05) is 0 Å². The molecule has 13 heteroatoms. The average Bonchev–Trinajstić information content (AvgIpc) is 2.49. The number of esters is 4. The number of carbonyl (C=O) groups excluding carboxylic acids is 5. The van der Waals surface area contributed by atoms with Gasteiger partial charge in [0.2, 0.25) is 0 Å². The second kappa shape index (κ2) is 13.0. The van der Waals surface area contributed by atoms with Crippen molar-refractivity contribution in [2.75, 3.05) is 0 Å². The van der Waals surface area contributed by atoms with Crippen LogP contribution in [-0.2, 0) is 38.2 Å². The molecule has 0 aliphatic heterocycles. The Morgan fingerprint density at radius 1 is 0.760 bits per heavy atom. The summed E-state index contributed by atoms with van der Waals surface area (Å²) in [6.45, 7) is 0. The van der Waals surface area contributed by atoms with Gasteiger partial charge in [0.15, 0.2) is 6.10 Å². The second-order valence-electron chi connectivity index (χ2n) is 4.24. The second-order valence-corrected chi connectivity index (χ2v) is 4.24. The summed E-state index contributed by atoms with van der Waals surface area (Å²) < 4.78 is 8.13. The number of hydrogen-bond acceptors (Lipinski definition) is 11. The van der Waals surface area contributed by atoms with E-state index >= 15 is 0 Å². The van der Waals surface area contributed by atoms with Crippen molar-refractivity contribution in [1.82, 2.24) is 0 Å². The van der Waals surface area contributed by atoms with Crippen molar-refractivity contribution in [3.63, 3.8) is 0 Å². The van der Waals surface area contributed by atoms with Crippen LogP contribution in [0, 0.1) is 0 Å². The molecule has 0 aromatic carbocycles. The van der Waals surface area contributed by atoms with Crippen LogP contribution in [0.2, 0.25) is 0 Å². The van der Waals surface area contributed by atoms with E-state index in [-0.39, 0.29) is 51.4 Å². The summed E-state index contributed by atoms with van der Waals surface area (Å²) >= 11 is 0. The number of aliphatic carboxylic acids is 2. The Morgan fingerprint density at radius 2 is 1.16 bits per heavy atom. The topological polar surface area (TPSA) is 205 Å². The molecule has 2 unspecified atom stereocenters. The van der Waals surface area contributed by atoms with Crippen molar-refractivity contribution in [2.24, 2.45) is 0 Å². The fourth-order valence-electron chi connectivity index (χ4n) is 1.12. The first-order chi connectivity index (χ1) is 11.0. The van der Waals surface area contributed by atoms with Crippen LogP contribution in [-0.4, -0.2) is 63.3 Å². The van der Waals surface area contributed by atoms with Gasteiger partial charge >= 0.3 is 81.2 Å². The summed E-state index contributed by atoms with van der Waals surface area (Å²) in [6.07, 6.45) is -7.75. The molecule has 0 aromatic rings. The molecule has 0 saturated heterocycles. The fourth-order valence-corrected chi connectivity index (χ4v) is 1.12. The molecule has 134 valence electrons. The molecular weight excluding hydrogens is 375 g/mol. The molecule has 0 radical (unpaired) electrons. The average molecular weight is 388 g/mol. The number of ether oxygens (including phenoxy) is 2. The standard InChI is InChI=1S/C12H14O12.K/c13-5(14)1-2-6(15)23-7(16)3-4-8(17)24-12(22)10(19)9(18)11(20)21;/h9-10,18-19H,1-4H2,(H,13,14)(H,20,21);/q;+1/p-1. The fraction of sp³-hybridized carbons (Fsp3) is 0.500. The minimum absolute atomic E-state index is 0. The molecule has 0 aliphatic carbocycles. The van der Waals surface area contributed by atoms with E-state index in [4.69, 9.17) is 15.3 Å². The maximum Gasteiger partial charge on any atom is 1.00 e. The van der Waals surface area contributed by atoms with Gasteiger partial charge in [-0.1, -0.05) is 0 Å². The molecule has 0 amide bonds. The number of aliphatic hydroxyl groups is 2. The Morgan fingerprint density at radius 3 is 1.56 bits per heavy atom. The van der Waals surface area contributed by atoms with Gasteiger partial charge in [0.1, 0.15) is 6.10 Å². The van der Waals surface area contributed by atoms with Gasteiger partial charge in [-0.25, -0.2) is 4.79 Å². The van der Waals surface area contributed by atoms with Crippen molar-refractivity contribution < 1.29 is 110 Å². The quantitative estimate of drug-likeness (QED) is 0.191. The number of rotatable bonds is 9. The van der Waals surface area contributed by atoms with Crippen LogP contribution in [0.15, 0.2) is 0 Å². The SMILES string of the molecule is O=C(O)CCC(=O)OC(=O)CCC(=O)OC(=O)C(O)C(O)C(=O)[O-].[K+]. The van der Waals surface area contributed by atoms with Crippen LogP contribution in [0.3, 0.4) is 0 Å². The Labute approximate surface area is 182 Å². The zero-order chi connectivity index (χ0) is 18.9. The van der Waals surface area contributed by atoms with Crippen molar-refractivity contribution in [3.05, 3.63) is 0 Å². The van der Waals surface area contributed by atoms with E-state index in [0.717, 1.165) is 0 Å². The molecule has 0 heterocycles. The smallest absolute Gasteiger partial charge is 0.547 e. The molecule has 3 N–H and O–H groups in total. The van der Waals surface area contributed by atoms with E-state index < -0.39 is 73.7 Å². The molecule has 0 aromatic heterocycles. The van der Waals surface area contributed by atoms with Crippen molar-refractivity contribution in [2.45, 2.75) is 37.9 Å². The Balaban J connectivity index is 0. The van der Waals surface area contributed by atoms with Gasteiger partial charge in [-0.3, -0.25) is 19.2 Å².